The zero-order valence-electron chi connectivity index (χ0n) is 21.7. The molecule has 0 bridgehead atoms. The number of ether oxygens (including phenoxy) is 2. The van der Waals surface area contributed by atoms with Crippen molar-refractivity contribution in [1.82, 2.24) is 9.97 Å². The average Bonchev–Trinajstić information content (AvgIpc) is 2.86. The Balaban J connectivity index is 1.39. The van der Waals surface area contributed by atoms with Gasteiger partial charge >= 0.3 is 0 Å². The van der Waals surface area contributed by atoms with Gasteiger partial charge in [-0.25, -0.2) is 13.4 Å². The Morgan fingerprint density at radius 2 is 1.70 bits per heavy atom. The van der Waals surface area contributed by atoms with Gasteiger partial charge in [-0.1, -0.05) is 6.07 Å². The number of aromatic nitrogens is 2. The van der Waals surface area contributed by atoms with Crippen LogP contribution in [0.4, 0.5) is 28.8 Å². The largest absolute Gasteiger partial charge is 0.493 e. The minimum Gasteiger partial charge on any atom is -0.493 e. The third kappa shape index (κ3) is 7.33. The first-order chi connectivity index (χ1) is 17.6. The maximum absolute atomic E-state index is 12.5. The van der Waals surface area contributed by atoms with E-state index in [0.717, 1.165) is 43.1 Å². The maximum atomic E-state index is 12.5. The Morgan fingerprint density at radius 3 is 2.41 bits per heavy atom. The molecular weight excluding hydrogens is 490 g/mol. The standard InChI is InChI=1S/C27H35N5O4S/c1-19-17-28-26(30-21-8-10-24(11-9-21)36-18-20-12-14-35-15-13-20)31-25(19)29-22-6-5-7-23(16-22)32-37(33,34)27(2,3)4/h5-11,16-17,20,32H,12-15,18H2,1-4H3,(H2,28,29,30,31). The molecule has 1 fully saturated rings. The highest BCUT2D eigenvalue weighted by atomic mass is 32.2. The summed E-state index contributed by atoms with van der Waals surface area (Å²) in [5, 5.41) is 6.49. The normalized spacial score (nSPS) is 14.7. The molecule has 1 aliphatic heterocycles. The molecule has 9 nitrogen and oxygen atoms in total. The molecule has 0 saturated carbocycles. The molecule has 2 heterocycles. The predicted molar refractivity (Wildman–Crippen MR) is 148 cm³/mol. The molecule has 0 atom stereocenters. The maximum Gasteiger partial charge on any atom is 0.237 e. The van der Waals surface area contributed by atoms with Gasteiger partial charge in [-0.2, -0.15) is 4.98 Å². The van der Waals surface area contributed by atoms with E-state index in [1.165, 1.54) is 0 Å². The summed E-state index contributed by atoms with van der Waals surface area (Å²) in [4.78, 5) is 9.00. The number of aryl methyl sites for hydroxylation is 1. The van der Waals surface area contributed by atoms with Crippen LogP contribution in [0.2, 0.25) is 0 Å². The number of hydrogen-bond acceptors (Lipinski definition) is 8. The second kappa shape index (κ2) is 11.4. The van der Waals surface area contributed by atoms with Crippen molar-refractivity contribution in [3.8, 4) is 5.75 Å². The van der Waals surface area contributed by atoms with Crippen LogP contribution in [0, 0.1) is 12.8 Å². The third-order valence-corrected chi connectivity index (χ3v) is 8.21. The zero-order valence-corrected chi connectivity index (χ0v) is 22.6. The minimum absolute atomic E-state index is 0.438. The second-order valence-electron chi connectivity index (χ2n) is 10.2. The van der Waals surface area contributed by atoms with Crippen LogP contribution in [-0.4, -0.2) is 43.0 Å². The van der Waals surface area contributed by atoms with Crippen LogP contribution in [0.5, 0.6) is 5.75 Å². The Labute approximate surface area is 219 Å². The third-order valence-electron chi connectivity index (χ3n) is 6.09. The SMILES string of the molecule is Cc1cnc(Nc2ccc(OCC3CCOCC3)cc2)nc1Nc1cccc(NS(=O)(=O)C(C)(C)C)c1. The van der Waals surface area contributed by atoms with Crippen molar-refractivity contribution in [3.05, 3.63) is 60.3 Å². The highest BCUT2D eigenvalue weighted by molar-refractivity contribution is 7.94. The minimum atomic E-state index is -3.53. The molecule has 0 amide bonds. The molecule has 2 aromatic carbocycles. The van der Waals surface area contributed by atoms with Crippen LogP contribution in [0.15, 0.2) is 54.7 Å². The van der Waals surface area contributed by atoms with E-state index in [2.05, 4.69) is 25.3 Å². The van der Waals surface area contributed by atoms with Gasteiger partial charge in [0, 0.05) is 36.3 Å². The van der Waals surface area contributed by atoms with Gasteiger partial charge in [0.1, 0.15) is 11.6 Å². The van der Waals surface area contributed by atoms with Crippen molar-refractivity contribution < 1.29 is 17.9 Å². The molecule has 0 unspecified atom stereocenters. The molecule has 0 radical (unpaired) electrons. The molecule has 1 aromatic heterocycles. The van der Waals surface area contributed by atoms with Crippen molar-refractivity contribution in [1.29, 1.82) is 0 Å². The average molecular weight is 526 g/mol. The molecule has 4 rings (SSSR count). The first-order valence-corrected chi connectivity index (χ1v) is 13.9. The number of benzene rings is 2. The fraction of sp³-hybridized carbons (Fsp3) is 0.407. The molecule has 198 valence electrons. The zero-order chi connectivity index (χ0) is 26.5. The van der Waals surface area contributed by atoms with Crippen LogP contribution in [0.3, 0.4) is 0 Å². The monoisotopic (exact) mass is 525 g/mol. The molecule has 1 saturated heterocycles. The molecule has 37 heavy (non-hydrogen) atoms. The summed E-state index contributed by atoms with van der Waals surface area (Å²) in [5.74, 6) is 2.42. The van der Waals surface area contributed by atoms with Gasteiger partial charge in [-0.05, 0) is 88.9 Å². The number of anilines is 5. The Morgan fingerprint density at radius 1 is 1.00 bits per heavy atom. The van der Waals surface area contributed by atoms with Gasteiger partial charge in [0.25, 0.3) is 0 Å². The Bertz CT molecular complexity index is 1300. The summed E-state index contributed by atoms with van der Waals surface area (Å²) >= 11 is 0. The molecule has 0 spiro atoms. The topological polar surface area (TPSA) is 114 Å². The smallest absolute Gasteiger partial charge is 0.237 e. The van der Waals surface area contributed by atoms with Gasteiger partial charge in [-0.3, -0.25) is 4.72 Å². The summed E-state index contributed by atoms with van der Waals surface area (Å²) in [6.07, 6.45) is 3.81. The highest BCUT2D eigenvalue weighted by Crippen LogP contribution is 2.26. The molecule has 1 aliphatic rings. The van der Waals surface area contributed by atoms with Gasteiger partial charge in [0.2, 0.25) is 16.0 Å². The number of sulfonamides is 1. The quantitative estimate of drug-likeness (QED) is 0.330. The predicted octanol–water partition coefficient (Wildman–Crippen LogP) is 5.62. The molecule has 3 aromatic rings. The Hall–Kier alpha value is -3.37. The highest BCUT2D eigenvalue weighted by Gasteiger charge is 2.28. The lowest BCUT2D eigenvalue weighted by molar-refractivity contribution is 0.0497. The van der Waals surface area contributed by atoms with Crippen LogP contribution in [-0.2, 0) is 14.8 Å². The first kappa shape index (κ1) is 26.7. The van der Waals surface area contributed by atoms with E-state index < -0.39 is 14.8 Å². The molecule has 0 aliphatic carbocycles. The number of nitrogens with one attached hydrogen (secondary N) is 3. The lowest BCUT2D eigenvalue weighted by Crippen LogP contribution is -2.33. The number of nitrogens with zero attached hydrogens (tertiary/aromatic N) is 2. The van der Waals surface area contributed by atoms with Crippen molar-refractivity contribution >= 4 is 38.9 Å². The Kier molecular flexibility index (Phi) is 8.19. The summed E-state index contributed by atoms with van der Waals surface area (Å²) in [5.41, 5.74) is 2.87. The van der Waals surface area contributed by atoms with Crippen molar-refractivity contribution in [3.63, 3.8) is 0 Å². The van der Waals surface area contributed by atoms with Crippen molar-refractivity contribution in [2.75, 3.05) is 35.2 Å². The fourth-order valence-electron chi connectivity index (χ4n) is 3.62. The summed E-state index contributed by atoms with van der Waals surface area (Å²) in [7, 11) is -3.53. The van der Waals surface area contributed by atoms with E-state index in [9.17, 15) is 8.42 Å². The molecule has 3 N–H and O–H groups in total. The number of rotatable bonds is 9. The van der Waals surface area contributed by atoms with E-state index >= 15 is 0 Å². The molecule has 10 heteroatoms. The summed E-state index contributed by atoms with van der Waals surface area (Å²) in [6, 6.07) is 14.8. The van der Waals surface area contributed by atoms with Crippen LogP contribution in [0.1, 0.15) is 39.2 Å². The van der Waals surface area contributed by atoms with E-state index in [4.69, 9.17) is 9.47 Å². The lowest BCUT2D eigenvalue weighted by Gasteiger charge is -2.22. The van der Waals surface area contributed by atoms with Crippen LogP contribution >= 0.6 is 0 Å². The number of hydrogen-bond donors (Lipinski definition) is 3. The van der Waals surface area contributed by atoms with Gasteiger partial charge < -0.3 is 20.1 Å². The van der Waals surface area contributed by atoms with Crippen molar-refractivity contribution in [2.24, 2.45) is 5.92 Å². The van der Waals surface area contributed by atoms with Crippen LogP contribution in [0.25, 0.3) is 0 Å². The van der Waals surface area contributed by atoms with Crippen molar-refractivity contribution in [2.45, 2.75) is 45.3 Å². The van der Waals surface area contributed by atoms with E-state index in [1.807, 2.05) is 37.3 Å². The van der Waals surface area contributed by atoms with E-state index in [1.54, 1.807) is 45.2 Å². The summed E-state index contributed by atoms with van der Waals surface area (Å²) in [6.45, 7) is 9.20. The van der Waals surface area contributed by atoms with E-state index in [0.29, 0.717) is 35.7 Å². The van der Waals surface area contributed by atoms with Crippen LogP contribution < -0.4 is 20.1 Å². The lowest BCUT2D eigenvalue weighted by atomic mass is 10.0. The van der Waals surface area contributed by atoms with Gasteiger partial charge in [-0.15, -0.1) is 0 Å². The van der Waals surface area contributed by atoms with Gasteiger partial charge in [0.05, 0.1) is 17.0 Å². The molecular formula is C27H35N5O4S. The second-order valence-corrected chi connectivity index (χ2v) is 12.6. The summed E-state index contributed by atoms with van der Waals surface area (Å²) < 4.78 is 38.1. The fourth-order valence-corrected chi connectivity index (χ4v) is 4.37. The van der Waals surface area contributed by atoms with Gasteiger partial charge in [0.15, 0.2) is 0 Å². The first-order valence-electron chi connectivity index (χ1n) is 12.4. The van der Waals surface area contributed by atoms with E-state index in [-0.39, 0.29) is 0 Å².